The molecule has 3 aromatic rings. The normalized spacial score (nSPS) is 12.0. The molecule has 1 heterocycles. The number of benzene rings is 2. The summed E-state index contributed by atoms with van der Waals surface area (Å²) < 4.78 is 5.71. The van der Waals surface area contributed by atoms with Crippen LogP contribution in [0.2, 0.25) is 10.0 Å². The Morgan fingerprint density at radius 3 is 2.65 bits per heavy atom. The average molecular weight is 388 g/mol. The summed E-state index contributed by atoms with van der Waals surface area (Å²) >= 11 is 12.2. The SMILES string of the molecule is CC[C@@H](C)c1ccccc1NC(=O)c1ccc(-c2cc(Cl)ccc2Cl)o1. The van der Waals surface area contributed by atoms with Crippen molar-refractivity contribution < 1.29 is 9.21 Å². The fourth-order valence-electron chi connectivity index (χ4n) is 2.74. The standard InChI is InChI=1S/C21H19Cl2NO2/c1-3-13(2)15-6-4-5-7-18(15)24-21(25)20-11-10-19(26-20)16-12-14(22)8-9-17(16)23/h4-13H,3H2,1-2H3,(H,24,25)/t13-/m1/s1. The molecule has 0 bridgehead atoms. The summed E-state index contributed by atoms with van der Waals surface area (Å²) in [4.78, 5) is 12.6. The number of nitrogens with one attached hydrogen (secondary N) is 1. The molecule has 0 spiro atoms. The first-order valence-corrected chi connectivity index (χ1v) is 9.20. The first-order chi connectivity index (χ1) is 12.5. The van der Waals surface area contributed by atoms with Crippen LogP contribution in [0.4, 0.5) is 5.69 Å². The van der Waals surface area contributed by atoms with Crippen molar-refractivity contribution >= 4 is 34.8 Å². The van der Waals surface area contributed by atoms with Gasteiger partial charge in [0.25, 0.3) is 5.91 Å². The van der Waals surface area contributed by atoms with Crippen molar-refractivity contribution in [1.29, 1.82) is 0 Å². The lowest BCUT2D eigenvalue weighted by atomic mass is 9.97. The number of anilines is 1. The fraction of sp³-hybridized carbons (Fsp3) is 0.190. The number of hydrogen-bond acceptors (Lipinski definition) is 2. The predicted octanol–water partition coefficient (Wildman–Crippen LogP) is 7.02. The summed E-state index contributed by atoms with van der Waals surface area (Å²) in [5.41, 5.74) is 2.55. The number of para-hydroxylation sites is 1. The molecule has 0 aliphatic carbocycles. The summed E-state index contributed by atoms with van der Waals surface area (Å²) in [7, 11) is 0. The van der Waals surface area contributed by atoms with E-state index in [4.69, 9.17) is 27.6 Å². The lowest BCUT2D eigenvalue weighted by Gasteiger charge is -2.15. The van der Waals surface area contributed by atoms with Gasteiger partial charge in [-0.05, 0) is 54.3 Å². The maximum atomic E-state index is 12.6. The van der Waals surface area contributed by atoms with E-state index in [0.29, 0.717) is 27.3 Å². The Kier molecular flexibility index (Phi) is 5.70. The second kappa shape index (κ2) is 7.98. The molecule has 0 aliphatic heterocycles. The summed E-state index contributed by atoms with van der Waals surface area (Å²) in [6, 6.07) is 16.3. The molecule has 1 atom stereocenters. The van der Waals surface area contributed by atoms with Crippen LogP contribution in [0.25, 0.3) is 11.3 Å². The molecule has 5 heteroatoms. The summed E-state index contributed by atoms with van der Waals surface area (Å²) in [6.45, 7) is 4.26. The van der Waals surface area contributed by atoms with E-state index in [1.54, 1.807) is 30.3 Å². The summed E-state index contributed by atoms with van der Waals surface area (Å²) in [6.07, 6.45) is 0.991. The Morgan fingerprint density at radius 1 is 1.12 bits per heavy atom. The molecular formula is C21H19Cl2NO2. The van der Waals surface area contributed by atoms with Crippen molar-refractivity contribution in [3.05, 3.63) is 76.0 Å². The molecule has 2 aromatic carbocycles. The van der Waals surface area contributed by atoms with Gasteiger partial charge in [-0.2, -0.15) is 0 Å². The highest BCUT2D eigenvalue weighted by Gasteiger charge is 2.17. The summed E-state index contributed by atoms with van der Waals surface area (Å²) in [5, 5.41) is 4.00. The molecule has 0 unspecified atom stereocenters. The molecule has 1 amide bonds. The molecule has 0 saturated heterocycles. The van der Waals surface area contributed by atoms with Crippen LogP contribution in [0.1, 0.15) is 42.3 Å². The van der Waals surface area contributed by atoms with Crippen LogP contribution in [0.3, 0.4) is 0 Å². The Bertz CT molecular complexity index is 933. The van der Waals surface area contributed by atoms with Gasteiger partial charge in [0.15, 0.2) is 5.76 Å². The minimum absolute atomic E-state index is 0.218. The van der Waals surface area contributed by atoms with E-state index in [1.165, 1.54) is 0 Å². The molecule has 3 nitrogen and oxygen atoms in total. The highest BCUT2D eigenvalue weighted by Crippen LogP contribution is 2.32. The minimum atomic E-state index is -0.301. The van der Waals surface area contributed by atoms with E-state index >= 15 is 0 Å². The maximum absolute atomic E-state index is 12.6. The van der Waals surface area contributed by atoms with E-state index in [-0.39, 0.29) is 11.7 Å². The van der Waals surface area contributed by atoms with Crippen LogP contribution < -0.4 is 5.32 Å². The minimum Gasteiger partial charge on any atom is -0.451 e. The highest BCUT2D eigenvalue weighted by molar-refractivity contribution is 6.35. The number of carbonyl (C=O) groups excluding carboxylic acids is 1. The monoisotopic (exact) mass is 387 g/mol. The largest absolute Gasteiger partial charge is 0.451 e. The van der Waals surface area contributed by atoms with E-state index < -0.39 is 0 Å². The number of hydrogen-bond donors (Lipinski definition) is 1. The Labute approximate surface area is 162 Å². The van der Waals surface area contributed by atoms with Crippen LogP contribution in [-0.4, -0.2) is 5.91 Å². The Morgan fingerprint density at radius 2 is 1.88 bits per heavy atom. The molecule has 0 saturated carbocycles. The number of furan rings is 1. The molecule has 1 aromatic heterocycles. The highest BCUT2D eigenvalue weighted by atomic mass is 35.5. The van der Waals surface area contributed by atoms with Crippen molar-refractivity contribution in [1.82, 2.24) is 0 Å². The van der Waals surface area contributed by atoms with E-state index in [0.717, 1.165) is 17.7 Å². The molecule has 134 valence electrons. The molecule has 3 rings (SSSR count). The van der Waals surface area contributed by atoms with E-state index in [9.17, 15) is 4.79 Å². The van der Waals surface area contributed by atoms with Crippen molar-refractivity contribution in [3.8, 4) is 11.3 Å². The van der Waals surface area contributed by atoms with Gasteiger partial charge < -0.3 is 9.73 Å². The van der Waals surface area contributed by atoms with Gasteiger partial charge in [-0.3, -0.25) is 4.79 Å². The first-order valence-electron chi connectivity index (χ1n) is 8.45. The van der Waals surface area contributed by atoms with Gasteiger partial charge in [0.1, 0.15) is 5.76 Å². The van der Waals surface area contributed by atoms with Gasteiger partial charge >= 0.3 is 0 Å². The Balaban J connectivity index is 1.85. The van der Waals surface area contributed by atoms with Crippen molar-refractivity contribution in [3.63, 3.8) is 0 Å². The third-order valence-electron chi connectivity index (χ3n) is 4.38. The molecular weight excluding hydrogens is 369 g/mol. The first kappa shape index (κ1) is 18.6. The van der Waals surface area contributed by atoms with E-state index in [1.807, 2.05) is 24.3 Å². The van der Waals surface area contributed by atoms with Crippen LogP contribution in [0.15, 0.2) is 59.0 Å². The zero-order valence-corrected chi connectivity index (χ0v) is 16.1. The zero-order chi connectivity index (χ0) is 18.7. The van der Waals surface area contributed by atoms with Gasteiger partial charge in [-0.25, -0.2) is 0 Å². The maximum Gasteiger partial charge on any atom is 0.291 e. The lowest BCUT2D eigenvalue weighted by Crippen LogP contribution is -2.13. The number of carbonyl (C=O) groups is 1. The second-order valence-corrected chi connectivity index (χ2v) is 6.98. The number of amides is 1. The van der Waals surface area contributed by atoms with Crippen LogP contribution in [-0.2, 0) is 0 Å². The quantitative estimate of drug-likeness (QED) is 0.510. The van der Waals surface area contributed by atoms with Crippen molar-refractivity contribution in [2.75, 3.05) is 5.32 Å². The second-order valence-electron chi connectivity index (χ2n) is 6.14. The average Bonchev–Trinajstić information content (AvgIpc) is 3.13. The molecule has 0 aliphatic rings. The number of halogens is 2. The molecule has 1 N–H and O–H groups in total. The van der Waals surface area contributed by atoms with Crippen LogP contribution >= 0.6 is 23.2 Å². The van der Waals surface area contributed by atoms with Crippen molar-refractivity contribution in [2.24, 2.45) is 0 Å². The molecule has 0 radical (unpaired) electrons. The van der Waals surface area contributed by atoms with Crippen LogP contribution in [0, 0.1) is 0 Å². The van der Waals surface area contributed by atoms with Gasteiger partial charge in [0.2, 0.25) is 0 Å². The lowest BCUT2D eigenvalue weighted by molar-refractivity contribution is 0.0997. The third kappa shape index (κ3) is 3.95. The fourth-order valence-corrected chi connectivity index (χ4v) is 3.12. The third-order valence-corrected chi connectivity index (χ3v) is 4.94. The zero-order valence-electron chi connectivity index (χ0n) is 14.6. The van der Waals surface area contributed by atoms with E-state index in [2.05, 4.69) is 19.2 Å². The smallest absolute Gasteiger partial charge is 0.291 e. The Hall–Kier alpha value is -2.23. The molecule has 26 heavy (non-hydrogen) atoms. The predicted molar refractivity (Wildman–Crippen MR) is 107 cm³/mol. The van der Waals surface area contributed by atoms with Crippen molar-refractivity contribution in [2.45, 2.75) is 26.2 Å². The van der Waals surface area contributed by atoms with Crippen LogP contribution in [0.5, 0.6) is 0 Å². The van der Waals surface area contributed by atoms with Gasteiger partial charge in [0.05, 0.1) is 5.02 Å². The summed E-state index contributed by atoms with van der Waals surface area (Å²) in [5.74, 6) is 0.766. The topological polar surface area (TPSA) is 42.2 Å². The van der Waals surface area contributed by atoms with Gasteiger partial charge in [-0.1, -0.05) is 55.2 Å². The van der Waals surface area contributed by atoms with Gasteiger partial charge in [-0.15, -0.1) is 0 Å². The number of rotatable bonds is 5. The molecule has 0 fully saturated rings. The van der Waals surface area contributed by atoms with Gasteiger partial charge in [0, 0.05) is 16.3 Å².